The summed E-state index contributed by atoms with van der Waals surface area (Å²) in [6, 6.07) is 10.3. The number of nitrogens with one attached hydrogen (secondary N) is 1. The zero-order valence-corrected chi connectivity index (χ0v) is 11.6. The fourth-order valence-corrected chi connectivity index (χ4v) is 2.58. The maximum Gasteiger partial charge on any atom is 0.264 e. The zero-order chi connectivity index (χ0) is 14.7. The van der Waals surface area contributed by atoms with Crippen LogP contribution in [0.3, 0.4) is 0 Å². The molecule has 110 valence electrons. The molecule has 1 aliphatic heterocycles. The lowest BCUT2D eigenvalue weighted by Crippen LogP contribution is -2.43. The Morgan fingerprint density at radius 1 is 1.05 bits per heavy atom. The third kappa shape index (κ3) is 3.03. The number of anilines is 1. The van der Waals surface area contributed by atoms with Gasteiger partial charge in [-0.15, -0.1) is 0 Å². The van der Waals surface area contributed by atoms with Gasteiger partial charge in [0, 0.05) is 43.5 Å². The first-order chi connectivity index (χ1) is 10.3. The maximum atomic E-state index is 13.0. The van der Waals surface area contributed by atoms with Gasteiger partial charge in [-0.2, -0.15) is 0 Å². The van der Waals surface area contributed by atoms with Crippen molar-refractivity contribution < 1.29 is 8.78 Å². The topological polar surface area (TPSA) is 28.2 Å². The van der Waals surface area contributed by atoms with Crippen molar-refractivity contribution in [3.8, 4) is 11.1 Å². The van der Waals surface area contributed by atoms with Crippen molar-refractivity contribution in [3.63, 3.8) is 0 Å². The zero-order valence-electron chi connectivity index (χ0n) is 11.6. The van der Waals surface area contributed by atoms with Crippen molar-refractivity contribution in [2.75, 3.05) is 31.1 Å². The highest BCUT2D eigenvalue weighted by atomic mass is 19.3. The van der Waals surface area contributed by atoms with Crippen molar-refractivity contribution in [2.45, 2.75) is 6.43 Å². The molecule has 2 heterocycles. The predicted octanol–water partition coefficient (Wildman–Crippen LogP) is 3.10. The molecule has 0 amide bonds. The highest BCUT2D eigenvalue weighted by Crippen LogP contribution is 2.31. The number of hydrogen-bond donors (Lipinski definition) is 1. The van der Waals surface area contributed by atoms with Gasteiger partial charge < -0.3 is 10.2 Å². The molecule has 0 spiro atoms. The van der Waals surface area contributed by atoms with Crippen molar-refractivity contribution in [3.05, 3.63) is 48.2 Å². The molecule has 0 unspecified atom stereocenters. The fraction of sp³-hybridized carbons (Fsp3) is 0.312. The highest BCUT2D eigenvalue weighted by molar-refractivity contribution is 5.68. The van der Waals surface area contributed by atoms with E-state index in [1.807, 2.05) is 12.1 Å². The standard InChI is InChI=1S/C16H17F2N3/c17-16(18)14-4-2-1-3-13(14)12-5-6-15(20-11-12)21-9-7-19-8-10-21/h1-6,11,16,19H,7-10H2. The van der Waals surface area contributed by atoms with Crippen molar-refractivity contribution >= 4 is 5.82 Å². The Morgan fingerprint density at radius 2 is 1.81 bits per heavy atom. The van der Waals surface area contributed by atoms with Gasteiger partial charge in [0.1, 0.15) is 5.82 Å². The molecular weight excluding hydrogens is 272 g/mol. The van der Waals surface area contributed by atoms with Gasteiger partial charge in [-0.25, -0.2) is 13.8 Å². The summed E-state index contributed by atoms with van der Waals surface area (Å²) in [7, 11) is 0. The van der Waals surface area contributed by atoms with Crippen molar-refractivity contribution in [1.82, 2.24) is 10.3 Å². The van der Waals surface area contributed by atoms with E-state index in [1.54, 1.807) is 24.4 Å². The molecule has 21 heavy (non-hydrogen) atoms. The Balaban J connectivity index is 1.87. The Hall–Kier alpha value is -2.01. The summed E-state index contributed by atoms with van der Waals surface area (Å²) < 4.78 is 26.1. The van der Waals surface area contributed by atoms with Crippen molar-refractivity contribution in [2.24, 2.45) is 0 Å². The molecule has 1 fully saturated rings. The van der Waals surface area contributed by atoms with E-state index in [0.717, 1.165) is 37.6 Å². The van der Waals surface area contributed by atoms with E-state index in [1.165, 1.54) is 6.07 Å². The highest BCUT2D eigenvalue weighted by Gasteiger charge is 2.15. The predicted molar refractivity (Wildman–Crippen MR) is 79.7 cm³/mol. The molecule has 1 aromatic heterocycles. The summed E-state index contributed by atoms with van der Waals surface area (Å²) in [6.45, 7) is 3.72. The molecule has 5 heteroatoms. The first-order valence-corrected chi connectivity index (χ1v) is 7.05. The lowest BCUT2D eigenvalue weighted by atomic mass is 10.0. The molecule has 1 aliphatic rings. The summed E-state index contributed by atoms with van der Waals surface area (Å²) in [5.41, 5.74) is 1.32. The van der Waals surface area contributed by atoms with Crippen LogP contribution < -0.4 is 10.2 Å². The van der Waals surface area contributed by atoms with Crippen LogP contribution in [0.2, 0.25) is 0 Å². The lowest BCUT2D eigenvalue weighted by molar-refractivity contribution is 0.152. The van der Waals surface area contributed by atoms with Crippen LogP contribution in [0.5, 0.6) is 0 Å². The van der Waals surface area contributed by atoms with Gasteiger partial charge in [0.05, 0.1) is 0 Å². The van der Waals surface area contributed by atoms with E-state index in [4.69, 9.17) is 0 Å². The molecule has 0 bridgehead atoms. The van der Waals surface area contributed by atoms with Crippen molar-refractivity contribution in [1.29, 1.82) is 0 Å². The summed E-state index contributed by atoms with van der Waals surface area (Å²) in [4.78, 5) is 6.63. The number of hydrogen-bond acceptors (Lipinski definition) is 3. The molecule has 0 radical (unpaired) electrons. The monoisotopic (exact) mass is 289 g/mol. The van der Waals surface area contributed by atoms with E-state index in [2.05, 4.69) is 15.2 Å². The maximum absolute atomic E-state index is 13.0. The first kappa shape index (κ1) is 13.9. The smallest absolute Gasteiger partial charge is 0.264 e. The SMILES string of the molecule is FC(F)c1ccccc1-c1ccc(N2CCNCC2)nc1. The number of rotatable bonds is 3. The van der Waals surface area contributed by atoms with Gasteiger partial charge in [-0.3, -0.25) is 0 Å². The molecule has 1 aromatic carbocycles. The summed E-state index contributed by atoms with van der Waals surface area (Å²) in [6.07, 6.45) is -0.799. The van der Waals surface area contributed by atoms with Crippen LogP contribution >= 0.6 is 0 Å². The van der Waals surface area contributed by atoms with E-state index in [9.17, 15) is 8.78 Å². The van der Waals surface area contributed by atoms with Gasteiger partial charge in [-0.05, 0) is 17.7 Å². The molecule has 3 nitrogen and oxygen atoms in total. The van der Waals surface area contributed by atoms with E-state index in [-0.39, 0.29) is 5.56 Å². The van der Waals surface area contributed by atoms with Gasteiger partial charge in [0.25, 0.3) is 6.43 Å². The Labute approximate surface area is 122 Å². The number of alkyl halides is 2. The summed E-state index contributed by atoms with van der Waals surface area (Å²) in [5.74, 6) is 0.898. The summed E-state index contributed by atoms with van der Waals surface area (Å²) >= 11 is 0. The van der Waals surface area contributed by atoms with Gasteiger partial charge in [-0.1, -0.05) is 24.3 Å². The summed E-state index contributed by atoms with van der Waals surface area (Å²) in [5, 5.41) is 3.29. The average molecular weight is 289 g/mol. The number of pyridine rings is 1. The number of aromatic nitrogens is 1. The molecule has 1 saturated heterocycles. The minimum atomic E-state index is -2.48. The Morgan fingerprint density at radius 3 is 2.48 bits per heavy atom. The lowest BCUT2D eigenvalue weighted by Gasteiger charge is -2.28. The molecule has 0 saturated carbocycles. The largest absolute Gasteiger partial charge is 0.354 e. The normalized spacial score (nSPS) is 15.5. The number of nitrogens with zero attached hydrogens (tertiary/aromatic N) is 2. The molecule has 0 atom stereocenters. The molecule has 1 N–H and O–H groups in total. The van der Waals surface area contributed by atoms with Gasteiger partial charge in [0.2, 0.25) is 0 Å². The fourth-order valence-electron chi connectivity index (χ4n) is 2.58. The van der Waals surface area contributed by atoms with Crippen LogP contribution in [0, 0.1) is 0 Å². The number of piperazine rings is 1. The molecule has 0 aliphatic carbocycles. The van der Waals surface area contributed by atoms with Crippen LogP contribution in [-0.4, -0.2) is 31.2 Å². The van der Waals surface area contributed by atoms with E-state index < -0.39 is 6.43 Å². The van der Waals surface area contributed by atoms with Crippen LogP contribution in [0.1, 0.15) is 12.0 Å². The Kier molecular flexibility index (Phi) is 4.10. The van der Waals surface area contributed by atoms with E-state index in [0.29, 0.717) is 5.56 Å². The third-order valence-corrected chi connectivity index (χ3v) is 3.70. The second kappa shape index (κ2) is 6.18. The van der Waals surface area contributed by atoms with Gasteiger partial charge in [0.15, 0.2) is 0 Å². The quantitative estimate of drug-likeness (QED) is 0.941. The molecule has 2 aromatic rings. The van der Waals surface area contributed by atoms with Gasteiger partial charge >= 0.3 is 0 Å². The Bertz CT molecular complexity index is 593. The van der Waals surface area contributed by atoms with E-state index >= 15 is 0 Å². The first-order valence-electron chi connectivity index (χ1n) is 7.05. The minimum Gasteiger partial charge on any atom is -0.354 e. The van der Waals surface area contributed by atoms with Crippen LogP contribution in [0.25, 0.3) is 11.1 Å². The second-order valence-corrected chi connectivity index (χ2v) is 5.03. The van der Waals surface area contributed by atoms with Crippen LogP contribution in [0.15, 0.2) is 42.6 Å². The van der Waals surface area contributed by atoms with Crippen LogP contribution in [0.4, 0.5) is 14.6 Å². The minimum absolute atomic E-state index is 0.0502. The third-order valence-electron chi connectivity index (χ3n) is 3.70. The van der Waals surface area contributed by atoms with Crippen LogP contribution in [-0.2, 0) is 0 Å². The average Bonchev–Trinajstić information content (AvgIpc) is 2.56. The molecular formula is C16H17F2N3. The number of benzene rings is 1. The second-order valence-electron chi connectivity index (χ2n) is 5.03. The molecule has 3 rings (SSSR count). The number of halogens is 2.